The van der Waals surface area contributed by atoms with Gasteiger partial charge in [-0.15, -0.1) is 0 Å². The van der Waals surface area contributed by atoms with Gasteiger partial charge in [0.2, 0.25) is 5.78 Å². The van der Waals surface area contributed by atoms with E-state index in [4.69, 9.17) is 9.47 Å². The van der Waals surface area contributed by atoms with Crippen molar-refractivity contribution in [1.82, 2.24) is 0 Å². The van der Waals surface area contributed by atoms with Crippen molar-refractivity contribution < 1.29 is 19.1 Å². The molecule has 0 saturated heterocycles. The van der Waals surface area contributed by atoms with Crippen molar-refractivity contribution in [3.05, 3.63) is 99.7 Å². The molecule has 0 radical (unpaired) electrons. The summed E-state index contributed by atoms with van der Waals surface area (Å²) in [7, 11) is 0. The van der Waals surface area contributed by atoms with Gasteiger partial charge in [0, 0.05) is 10.5 Å². The van der Waals surface area contributed by atoms with E-state index in [0.29, 0.717) is 22.6 Å². The first-order valence-electron chi connectivity index (χ1n) is 8.21. The summed E-state index contributed by atoms with van der Waals surface area (Å²) >= 11 is 3.38. The third kappa shape index (κ3) is 3.68. The number of carbonyl (C=O) groups is 2. The van der Waals surface area contributed by atoms with E-state index in [9.17, 15) is 9.59 Å². The average molecular weight is 421 g/mol. The highest BCUT2D eigenvalue weighted by atomic mass is 79.9. The predicted octanol–water partition coefficient (Wildman–Crippen LogP) is 5.28. The number of Topliss-reactive ketones (excluding diaryl/α,β-unsaturated/α-hetero) is 1. The van der Waals surface area contributed by atoms with Crippen LogP contribution in [0.3, 0.4) is 0 Å². The molecule has 0 unspecified atom stereocenters. The molecule has 0 saturated carbocycles. The highest BCUT2D eigenvalue weighted by Gasteiger charge is 2.28. The molecule has 0 aromatic heterocycles. The van der Waals surface area contributed by atoms with Gasteiger partial charge in [0.05, 0.1) is 11.1 Å². The van der Waals surface area contributed by atoms with E-state index in [-0.39, 0.29) is 11.5 Å². The maximum atomic E-state index is 12.5. The average Bonchev–Trinajstić information content (AvgIpc) is 2.99. The molecule has 0 N–H and O–H groups in total. The van der Waals surface area contributed by atoms with Crippen LogP contribution in [0.15, 0.2) is 83.0 Å². The summed E-state index contributed by atoms with van der Waals surface area (Å²) < 4.78 is 12.0. The Morgan fingerprint density at radius 2 is 1.70 bits per heavy atom. The maximum Gasteiger partial charge on any atom is 0.343 e. The zero-order valence-electron chi connectivity index (χ0n) is 14.0. The Morgan fingerprint density at radius 3 is 2.44 bits per heavy atom. The molecule has 132 valence electrons. The van der Waals surface area contributed by atoms with Gasteiger partial charge in [-0.05, 0) is 48.0 Å². The molecule has 1 heterocycles. The molecule has 0 fully saturated rings. The fraction of sp³-hybridized carbons (Fsp3) is 0. The van der Waals surface area contributed by atoms with Gasteiger partial charge in [-0.25, -0.2) is 4.79 Å². The highest BCUT2D eigenvalue weighted by Crippen LogP contribution is 2.35. The normalized spacial score (nSPS) is 14.0. The number of allylic oxidation sites excluding steroid dienone is 1. The first kappa shape index (κ1) is 17.2. The standard InChI is InChI=1S/C22H13BrO4/c23-16-8-6-14(7-9-16)12-20-21(24)18-11-10-17(13-19(18)27-20)26-22(25)15-4-2-1-3-5-15/h1-13H/b20-12-. The molecule has 1 aliphatic rings. The Morgan fingerprint density at radius 1 is 0.963 bits per heavy atom. The van der Waals surface area contributed by atoms with Crippen molar-refractivity contribution in [2.75, 3.05) is 0 Å². The van der Waals surface area contributed by atoms with E-state index in [1.807, 2.05) is 30.3 Å². The number of benzene rings is 3. The third-order valence-electron chi connectivity index (χ3n) is 4.03. The van der Waals surface area contributed by atoms with Gasteiger partial charge >= 0.3 is 5.97 Å². The summed E-state index contributed by atoms with van der Waals surface area (Å²) in [6.45, 7) is 0. The second kappa shape index (κ2) is 7.21. The lowest BCUT2D eigenvalue weighted by molar-refractivity contribution is 0.0734. The quantitative estimate of drug-likeness (QED) is 0.328. The molecule has 0 atom stereocenters. The number of hydrogen-bond donors (Lipinski definition) is 0. The number of hydrogen-bond acceptors (Lipinski definition) is 4. The molecule has 3 aromatic rings. The number of ether oxygens (including phenoxy) is 2. The minimum absolute atomic E-state index is 0.200. The summed E-state index contributed by atoms with van der Waals surface area (Å²) in [5.74, 6) is 0.264. The Kier molecular flexibility index (Phi) is 4.60. The largest absolute Gasteiger partial charge is 0.452 e. The number of carbonyl (C=O) groups excluding carboxylic acids is 2. The van der Waals surface area contributed by atoms with E-state index < -0.39 is 5.97 Å². The monoisotopic (exact) mass is 420 g/mol. The fourth-order valence-corrected chi connectivity index (χ4v) is 2.95. The van der Waals surface area contributed by atoms with Crippen LogP contribution in [-0.4, -0.2) is 11.8 Å². The molecule has 4 nitrogen and oxygen atoms in total. The number of esters is 1. The Balaban J connectivity index is 1.55. The number of halogens is 1. The van der Waals surface area contributed by atoms with Crippen molar-refractivity contribution >= 4 is 33.8 Å². The number of rotatable bonds is 3. The molecule has 3 aromatic carbocycles. The van der Waals surface area contributed by atoms with Gasteiger partial charge in [0.1, 0.15) is 11.5 Å². The summed E-state index contributed by atoms with van der Waals surface area (Å²) in [4.78, 5) is 24.7. The summed E-state index contributed by atoms with van der Waals surface area (Å²) in [6, 6.07) is 21.0. The minimum atomic E-state index is -0.467. The lowest BCUT2D eigenvalue weighted by Gasteiger charge is -2.05. The second-order valence-electron chi connectivity index (χ2n) is 5.90. The van der Waals surface area contributed by atoms with Crippen molar-refractivity contribution in [3.63, 3.8) is 0 Å². The summed E-state index contributed by atoms with van der Waals surface area (Å²) in [5.41, 5.74) is 1.74. The van der Waals surface area contributed by atoms with Gasteiger partial charge in [0.25, 0.3) is 0 Å². The molecule has 1 aliphatic heterocycles. The van der Waals surface area contributed by atoms with Crippen molar-refractivity contribution in [1.29, 1.82) is 0 Å². The second-order valence-corrected chi connectivity index (χ2v) is 6.82. The van der Waals surface area contributed by atoms with Gasteiger partial charge in [-0.2, -0.15) is 0 Å². The Bertz CT molecular complexity index is 1050. The summed E-state index contributed by atoms with van der Waals surface area (Å²) in [6.07, 6.45) is 1.68. The first-order valence-corrected chi connectivity index (χ1v) is 9.00. The predicted molar refractivity (Wildman–Crippen MR) is 105 cm³/mol. The Labute approximate surface area is 164 Å². The van der Waals surface area contributed by atoms with Crippen molar-refractivity contribution in [2.24, 2.45) is 0 Å². The van der Waals surface area contributed by atoms with Crippen LogP contribution in [0.4, 0.5) is 0 Å². The first-order chi connectivity index (χ1) is 13.1. The molecule has 0 aliphatic carbocycles. The maximum absolute atomic E-state index is 12.5. The van der Waals surface area contributed by atoms with Gasteiger partial charge in [0.15, 0.2) is 5.76 Å². The van der Waals surface area contributed by atoms with E-state index >= 15 is 0 Å². The molecule has 0 amide bonds. The van der Waals surface area contributed by atoms with Crippen LogP contribution < -0.4 is 9.47 Å². The minimum Gasteiger partial charge on any atom is -0.452 e. The lowest BCUT2D eigenvalue weighted by Crippen LogP contribution is -2.08. The van der Waals surface area contributed by atoms with E-state index in [1.165, 1.54) is 0 Å². The zero-order valence-corrected chi connectivity index (χ0v) is 15.6. The van der Waals surface area contributed by atoms with Crippen LogP contribution in [0, 0.1) is 0 Å². The van der Waals surface area contributed by atoms with Crippen LogP contribution in [0.1, 0.15) is 26.3 Å². The third-order valence-corrected chi connectivity index (χ3v) is 4.56. The van der Waals surface area contributed by atoms with Crippen LogP contribution in [0.25, 0.3) is 6.08 Å². The highest BCUT2D eigenvalue weighted by molar-refractivity contribution is 9.10. The van der Waals surface area contributed by atoms with Crippen molar-refractivity contribution in [3.8, 4) is 11.5 Å². The fourth-order valence-electron chi connectivity index (χ4n) is 2.68. The van der Waals surface area contributed by atoms with Gasteiger partial charge in [-0.3, -0.25) is 4.79 Å². The Hall–Kier alpha value is -3.18. The molecule has 0 bridgehead atoms. The van der Waals surface area contributed by atoms with Crippen LogP contribution in [0.5, 0.6) is 11.5 Å². The SMILES string of the molecule is O=C(Oc1ccc2c(c1)O/C(=C\c1ccc(Br)cc1)C2=O)c1ccccc1. The van der Waals surface area contributed by atoms with Gasteiger partial charge in [-0.1, -0.05) is 46.3 Å². The molecule has 27 heavy (non-hydrogen) atoms. The van der Waals surface area contributed by atoms with E-state index in [0.717, 1.165) is 10.0 Å². The van der Waals surface area contributed by atoms with Crippen LogP contribution in [-0.2, 0) is 0 Å². The van der Waals surface area contributed by atoms with Crippen LogP contribution in [0.2, 0.25) is 0 Å². The lowest BCUT2D eigenvalue weighted by atomic mass is 10.1. The molecule has 5 heteroatoms. The van der Waals surface area contributed by atoms with E-state index in [2.05, 4.69) is 15.9 Å². The molecular formula is C22H13BrO4. The smallest absolute Gasteiger partial charge is 0.343 e. The molecular weight excluding hydrogens is 408 g/mol. The zero-order chi connectivity index (χ0) is 18.8. The number of fused-ring (bicyclic) bond motifs is 1. The van der Waals surface area contributed by atoms with E-state index in [1.54, 1.807) is 48.5 Å². The van der Waals surface area contributed by atoms with Crippen molar-refractivity contribution in [2.45, 2.75) is 0 Å². The molecule has 0 spiro atoms. The van der Waals surface area contributed by atoms with Gasteiger partial charge < -0.3 is 9.47 Å². The summed E-state index contributed by atoms with van der Waals surface area (Å²) in [5, 5.41) is 0. The number of ketones is 1. The topological polar surface area (TPSA) is 52.6 Å². The molecule has 4 rings (SSSR count). The van der Waals surface area contributed by atoms with Crippen LogP contribution >= 0.6 is 15.9 Å².